The minimum absolute atomic E-state index is 0.0573. The summed E-state index contributed by atoms with van der Waals surface area (Å²) in [5, 5.41) is 0. The number of hydrogen-bond acceptors (Lipinski definition) is 3. The van der Waals surface area contributed by atoms with Crippen LogP contribution in [0.1, 0.15) is 18.9 Å². The van der Waals surface area contributed by atoms with Crippen LogP contribution in [0.3, 0.4) is 0 Å². The van der Waals surface area contributed by atoms with Crippen molar-refractivity contribution in [3.05, 3.63) is 29.8 Å². The second-order valence-corrected chi connectivity index (χ2v) is 4.98. The molecule has 1 heterocycles. The predicted octanol–water partition coefficient (Wildman–Crippen LogP) is 1.43. The first-order chi connectivity index (χ1) is 9.24. The summed E-state index contributed by atoms with van der Waals surface area (Å²) in [6.07, 6.45) is 1.91. The lowest BCUT2D eigenvalue weighted by atomic mass is 10.1. The quantitative estimate of drug-likeness (QED) is 0.873. The number of carbonyl (C=O) groups is 1. The average Bonchev–Trinajstić information content (AvgIpc) is 2.94. The van der Waals surface area contributed by atoms with Gasteiger partial charge in [-0.3, -0.25) is 4.79 Å². The molecule has 1 aliphatic heterocycles. The fraction of sp³-hybridized carbons (Fsp3) is 0.533. The molecule has 2 rings (SSSR count). The lowest BCUT2D eigenvalue weighted by Gasteiger charge is -2.17. The van der Waals surface area contributed by atoms with Gasteiger partial charge in [0.1, 0.15) is 5.75 Å². The Hall–Kier alpha value is -1.55. The van der Waals surface area contributed by atoms with Crippen molar-refractivity contribution >= 4 is 5.91 Å². The summed E-state index contributed by atoms with van der Waals surface area (Å²) < 4.78 is 5.65. The summed E-state index contributed by atoms with van der Waals surface area (Å²) in [5.41, 5.74) is 6.77. The van der Waals surface area contributed by atoms with E-state index < -0.39 is 0 Å². The summed E-state index contributed by atoms with van der Waals surface area (Å²) in [6, 6.07) is 7.86. The van der Waals surface area contributed by atoms with Gasteiger partial charge in [-0.15, -0.1) is 0 Å². The lowest BCUT2D eigenvalue weighted by Crippen LogP contribution is -2.33. The van der Waals surface area contributed by atoms with Gasteiger partial charge in [-0.2, -0.15) is 0 Å². The van der Waals surface area contributed by atoms with E-state index in [1.165, 1.54) is 0 Å². The molecule has 1 aliphatic rings. The van der Waals surface area contributed by atoms with E-state index in [0.717, 1.165) is 37.2 Å². The second kappa shape index (κ2) is 6.57. The molecule has 4 nitrogen and oxygen atoms in total. The number of nitrogens with zero attached hydrogens (tertiary/aromatic N) is 1. The van der Waals surface area contributed by atoms with Crippen LogP contribution >= 0.6 is 0 Å². The molecule has 1 atom stereocenters. The molecule has 1 aromatic rings. The highest BCUT2D eigenvalue weighted by Gasteiger charge is 2.25. The number of likely N-dealkylation sites (tertiary alicyclic amines) is 1. The minimum Gasteiger partial charge on any atom is -0.483 e. The van der Waals surface area contributed by atoms with Crippen molar-refractivity contribution in [1.82, 2.24) is 4.90 Å². The molecule has 2 N–H and O–H groups in total. The van der Waals surface area contributed by atoms with Crippen molar-refractivity contribution in [2.75, 3.05) is 26.2 Å². The summed E-state index contributed by atoms with van der Waals surface area (Å²) in [6.45, 7) is 4.43. The zero-order chi connectivity index (χ0) is 13.7. The highest BCUT2D eigenvalue weighted by atomic mass is 16.5. The SMILES string of the molecule is CCc1ccccc1OCC(=O)N1CCC(CN)C1. The minimum atomic E-state index is 0.0573. The van der Waals surface area contributed by atoms with Crippen LogP contribution in [0.4, 0.5) is 0 Å². The maximum atomic E-state index is 12.0. The van der Waals surface area contributed by atoms with Gasteiger partial charge < -0.3 is 15.4 Å². The van der Waals surface area contributed by atoms with E-state index in [0.29, 0.717) is 12.5 Å². The first-order valence-electron chi connectivity index (χ1n) is 6.93. The van der Waals surface area contributed by atoms with Crippen molar-refractivity contribution in [3.8, 4) is 5.75 Å². The molecular formula is C15H22N2O2. The van der Waals surface area contributed by atoms with E-state index in [2.05, 4.69) is 6.92 Å². The predicted molar refractivity (Wildman–Crippen MR) is 75.1 cm³/mol. The average molecular weight is 262 g/mol. The lowest BCUT2D eigenvalue weighted by molar-refractivity contribution is -0.132. The number of carbonyl (C=O) groups excluding carboxylic acids is 1. The third-order valence-corrected chi connectivity index (χ3v) is 3.68. The molecule has 1 aromatic carbocycles. The van der Waals surface area contributed by atoms with Crippen molar-refractivity contribution in [2.45, 2.75) is 19.8 Å². The van der Waals surface area contributed by atoms with E-state index in [1.807, 2.05) is 29.2 Å². The Kier molecular flexibility index (Phi) is 4.80. The highest BCUT2D eigenvalue weighted by Crippen LogP contribution is 2.19. The van der Waals surface area contributed by atoms with Crippen molar-refractivity contribution in [3.63, 3.8) is 0 Å². The molecular weight excluding hydrogens is 240 g/mol. The molecule has 0 spiro atoms. The summed E-state index contributed by atoms with van der Waals surface area (Å²) >= 11 is 0. The Morgan fingerprint density at radius 2 is 2.26 bits per heavy atom. The van der Waals surface area contributed by atoms with E-state index in [-0.39, 0.29) is 12.5 Å². The number of para-hydroxylation sites is 1. The molecule has 104 valence electrons. The largest absolute Gasteiger partial charge is 0.483 e. The molecule has 1 unspecified atom stereocenters. The van der Waals surface area contributed by atoms with E-state index in [4.69, 9.17) is 10.5 Å². The number of nitrogens with two attached hydrogens (primary N) is 1. The van der Waals surface area contributed by atoms with Crippen LogP contribution in [-0.4, -0.2) is 37.0 Å². The maximum absolute atomic E-state index is 12.0. The van der Waals surface area contributed by atoms with Crippen LogP contribution in [-0.2, 0) is 11.2 Å². The Labute approximate surface area is 114 Å². The number of hydrogen-bond donors (Lipinski definition) is 1. The fourth-order valence-electron chi connectivity index (χ4n) is 2.42. The van der Waals surface area contributed by atoms with Crippen LogP contribution < -0.4 is 10.5 Å². The Bertz CT molecular complexity index is 434. The molecule has 4 heteroatoms. The van der Waals surface area contributed by atoms with Gasteiger partial charge in [0, 0.05) is 13.1 Å². The first-order valence-corrected chi connectivity index (χ1v) is 6.93. The Balaban J connectivity index is 1.87. The normalized spacial score (nSPS) is 18.6. The number of amides is 1. The number of benzene rings is 1. The molecule has 0 radical (unpaired) electrons. The molecule has 1 fully saturated rings. The van der Waals surface area contributed by atoms with E-state index >= 15 is 0 Å². The zero-order valence-electron chi connectivity index (χ0n) is 11.5. The summed E-state index contributed by atoms with van der Waals surface area (Å²) in [7, 11) is 0. The number of aryl methyl sites for hydroxylation is 1. The van der Waals surface area contributed by atoms with Crippen LogP contribution in [0.2, 0.25) is 0 Å². The first kappa shape index (κ1) is 13.9. The maximum Gasteiger partial charge on any atom is 0.260 e. The van der Waals surface area contributed by atoms with E-state index in [9.17, 15) is 4.79 Å². The highest BCUT2D eigenvalue weighted by molar-refractivity contribution is 5.78. The fourth-order valence-corrected chi connectivity index (χ4v) is 2.42. The van der Waals surface area contributed by atoms with Crippen LogP contribution in [0.15, 0.2) is 24.3 Å². The Morgan fingerprint density at radius 3 is 2.95 bits per heavy atom. The van der Waals surface area contributed by atoms with Gasteiger partial charge in [-0.05, 0) is 36.9 Å². The Morgan fingerprint density at radius 1 is 1.47 bits per heavy atom. The van der Waals surface area contributed by atoms with Gasteiger partial charge in [0.15, 0.2) is 6.61 Å². The zero-order valence-corrected chi connectivity index (χ0v) is 11.5. The molecule has 0 saturated carbocycles. The van der Waals surface area contributed by atoms with Gasteiger partial charge >= 0.3 is 0 Å². The number of ether oxygens (including phenoxy) is 1. The third kappa shape index (κ3) is 3.47. The summed E-state index contributed by atoms with van der Waals surface area (Å²) in [4.78, 5) is 13.9. The van der Waals surface area contributed by atoms with Crippen molar-refractivity contribution in [1.29, 1.82) is 0 Å². The molecule has 1 saturated heterocycles. The molecule has 19 heavy (non-hydrogen) atoms. The molecule has 0 bridgehead atoms. The third-order valence-electron chi connectivity index (χ3n) is 3.68. The van der Waals surface area contributed by atoms with Crippen LogP contribution in [0, 0.1) is 5.92 Å². The van der Waals surface area contributed by atoms with Crippen molar-refractivity contribution < 1.29 is 9.53 Å². The van der Waals surface area contributed by atoms with Gasteiger partial charge in [0.05, 0.1) is 0 Å². The molecule has 0 aliphatic carbocycles. The van der Waals surface area contributed by atoms with E-state index in [1.54, 1.807) is 0 Å². The molecule has 0 aromatic heterocycles. The smallest absolute Gasteiger partial charge is 0.260 e. The molecule has 1 amide bonds. The van der Waals surface area contributed by atoms with Crippen LogP contribution in [0.5, 0.6) is 5.75 Å². The van der Waals surface area contributed by atoms with Crippen molar-refractivity contribution in [2.24, 2.45) is 11.7 Å². The van der Waals surface area contributed by atoms with Gasteiger partial charge in [-0.1, -0.05) is 25.1 Å². The number of rotatable bonds is 5. The monoisotopic (exact) mass is 262 g/mol. The van der Waals surface area contributed by atoms with Crippen LogP contribution in [0.25, 0.3) is 0 Å². The summed E-state index contributed by atoms with van der Waals surface area (Å²) in [5.74, 6) is 1.32. The van der Waals surface area contributed by atoms with Gasteiger partial charge in [0.25, 0.3) is 5.91 Å². The van der Waals surface area contributed by atoms with Gasteiger partial charge in [0.2, 0.25) is 0 Å². The second-order valence-electron chi connectivity index (χ2n) is 4.98. The standard InChI is InChI=1S/C15H22N2O2/c1-2-13-5-3-4-6-14(13)19-11-15(18)17-8-7-12(9-16)10-17/h3-6,12H,2,7-11,16H2,1H3. The topological polar surface area (TPSA) is 55.6 Å². The van der Waals surface area contributed by atoms with Gasteiger partial charge in [-0.25, -0.2) is 0 Å².